The van der Waals surface area contributed by atoms with Gasteiger partial charge < -0.3 is 24.0 Å². The molecular formula is C44H33N5O2Pt2. The topological polar surface area (TPSA) is 75.0 Å². The first kappa shape index (κ1) is 37.8. The van der Waals surface area contributed by atoms with Gasteiger partial charge in [-0.1, -0.05) is 74.1 Å². The van der Waals surface area contributed by atoms with Crippen LogP contribution in [0.2, 0.25) is 0 Å². The van der Waals surface area contributed by atoms with E-state index in [4.69, 9.17) is 9.47 Å². The molecular weight excluding hydrogens is 1020 g/mol. The molecule has 0 unspecified atom stereocenters. The monoisotopic (exact) mass is 1050 g/mol. The van der Waals surface area contributed by atoms with Crippen molar-refractivity contribution in [2.75, 3.05) is 0 Å². The van der Waals surface area contributed by atoms with Crippen molar-refractivity contribution in [1.29, 1.82) is 0 Å². The maximum atomic E-state index is 6.35. The molecule has 7 nitrogen and oxygen atoms in total. The fourth-order valence-electron chi connectivity index (χ4n) is 6.01. The Bertz CT molecular complexity index is 2360. The normalized spacial score (nSPS) is 11.1. The van der Waals surface area contributed by atoms with Crippen LogP contribution in [0.4, 0.5) is 0 Å². The summed E-state index contributed by atoms with van der Waals surface area (Å²) in [5, 5.41) is 1.90. The standard InChI is InChI=1S/C44H33N5O2.2Pt/c1-28(2)30-16-20-45-40(24-30)32-8-5-10-34(22-32)50-36-12-14-38-39-15-13-37(27-43(39)49(42(38)26-36)44-47-18-7-19-48-44)51-35-11-6-9-33(23-35)41-25-31(29(3)4)17-21-46-41;;/h5-21,24-25,28-29H,1-4H3;;/q-4;2*+2. The second-order valence-electron chi connectivity index (χ2n) is 12.9. The molecule has 8 rings (SSSR count). The van der Waals surface area contributed by atoms with E-state index in [0.29, 0.717) is 40.8 Å². The number of aromatic nitrogens is 5. The zero-order chi connectivity index (χ0) is 34.9. The van der Waals surface area contributed by atoms with E-state index < -0.39 is 0 Å². The van der Waals surface area contributed by atoms with E-state index >= 15 is 0 Å². The largest absolute Gasteiger partial charge is 2.00 e. The van der Waals surface area contributed by atoms with Crippen molar-refractivity contribution in [3.63, 3.8) is 0 Å². The van der Waals surface area contributed by atoms with Crippen LogP contribution in [0, 0.1) is 24.3 Å². The molecule has 8 aromatic rings. The van der Waals surface area contributed by atoms with Gasteiger partial charge in [0.25, 0.3) is 0 Å². The first-order chi connectivity index (χ1) is 24.9. The van der Waals surface area contributed by atoms with Crippen molar-refractivity contribution >= 4 is 21.8 Å². The van der Waals surface area contributed by atoms with E-state index in [2.05, 4.69) is 84.0 Å². The van der Waals surface area contributed by atoms with Gasteiger partial charge in [0, 0.05) is 47.8 Å². The van der Waals surface area contributed by atoms with Gasteiger partial charge in [0.15, 0.2) is 0 Å². The molecule has 0 fully saturated rings. The summed E-state index contributed by atoms with van der Waals surface area (Å²) in [6.07, 6.45) is 7.11. The van der Waals surface area contributed by atoms with Gasteiger partial charge in [-0.2, -0.15) is 22.9 Å². The number of hydrogen-bond acceptors (Lipinski definition) is 6. The van der Waals surface area contributed by atoms with Gasteiger partial charge in [0.1, 0.15) is 0 Å². The van der Waals surface area contributed by atoms with Crippen molar-refractivity contribution in [2.24, 2.45) is 0 Å². The Morgan fingerprint density at radius 3 is 1.40 bits per heavy atom. The molecule has 4 aromatic heterocycles. The Hall–Kier alpha value is -4.96. The van der Waals surface area contributed by atoms with Crippen molar-refractivity contribution < 1.29 is 51.6 Å². The van der Waals surface area contributed by atoms with Crippen LogP contribution in [-0.4, -0.2) is 24.5 Å². The number of pyridine rings is 2. The molecule has 0 saturated carbocycles. The fourth-order valence-corrected chi connectivity index (χ4v) is 6.01. The summed E-state index contributed by atoms with van der Waals surface area (Å²) in [7, 11) is 0. The Kier molecular flexibility index (Phi) is 11.7. The van der Waals surface area contributed by atoms with Crippen LogP contribution < -0.4 is 9.47 Å². The fraction of sp³-hybridized carbons (Fsp3) is 0.136. The van der Waals surface area contributed by atoms with Crippen LogP contribution in [0.5, 0.6) is 23.0 Å². The molecule has 9 heteroatoms. The minimum atomic E-state index is 0. The molecule has 0 radical (unpaired) electrons. The third kappa shape index (κ3) is 8.02. The second-order valence-corrected chi connectivity index (χ2v) is 12.9. The quantitative estimate of drug-likeness (QED) is 0.134. The summed E-state index contributed by atoms with van der Waals surface area (Å²) in [4.78, 5) is 18.3. The predicted octanol–water partition coefficient (Wildman–Crippen LogP) is 10.7. The number of fused-ring (bicyclic) bond motifs is 3. The maximum Gasteiger partial charge on any atom is 2.00 e. The van der Waals surface area contributed by atoms with Gasteiger partial charge in [-0.25, -0.2) is 9.97 Å². The molecule has 0 bridgehead atoms. The van der Waals surface area contributed by atoms with Crippen LogP contribution in [0.25, 0.3) is 50.3 Å². The number of hydrogen-bond donors (Lipinski definition) is 0. The molecule has 4 heterocycles. The van der Waals surface area contributed by atoms with Crippen LogP contribution in [0.15, 0.2) is 116 Å². The Labute approximate surface area is 338 Å². The SMILES string of the molecule is CC(C)c1ccnc(-c2[c-]c(Oc3[c-]c4c(cc3)c3ccc(Oc5[c-]c(-c6cc(C(C)C)ccn6)ccc5)[c-]c3n4-c3ncccn3)ccc2)c1.[Pt+2].[Pt+2]. The van der Waals surface area contributed by atoms with Crippen LogP contribution in [0.3, 0.4) is 0 Å². The number of benzene rings is 4. The summed E-state index contributed by atoms with van der Waals surface area (Å²) in [6, 6.07) is 43.3. The van der Waals surface area contributed by atoms with E-state index in [9.17, 15) is 0 Å². The van der Waals surface area contributed by atoms with Crippen LogP contribution in [-0.2, 0) is 42.1 Å². The van der Waals surface area contributed by atoms with Gasteiger partial charge in [-0.05, 0) is 41.4 Å². The predicted molar refractivity (Wildman–Crippen MR) is 199 cm³/mol. The van der Waals surface area contributed by atoms with Crippen molar-refractivity contribution in [1.82, 2.24) is 24.5 Å². The zero-order valence-corrected chi connectivity index (χ0v) is 33.9. The van der Waals surface area contributed by atoms with Crippen LogP contribution >= 0.6 is 0 Å². The van der Waals surface area contributed by atoms with Crippen molar-refractivity contribution in [3.05, 3.63) is 151 Å². The maximum absolute atomic E-state index is 6.35. The molecule has 0 aliphatic rings. The van der Waals surface area contributed by atoms with E-state index in [1.54, 1.807) is 18.5 Å². The van der Waals surface area contributed by atoms with Crippen molar-refractivity contribution in [2.45, 2.75) is 39.5 Å². The smallest absolute Gasteiger partial charge is 0.503 e. The third-order valence-electron chi connectivity index (χ3n) is 8.72. The molecule has 4 aromatic carbocycles. The molecule has 0 N–H and O–H groups in total. The molecule has 0 saturated heterocycles. The van der Waals surface area contributed by atoms with Crippen molar-refractivity contribution in [3.8, 4) is 51.5 Å². The Morgan fingerprint density at radius 1 is 0.491 bits per heavy atom. The number of rotatable bonds is 9. The third-order valence-corrected chi connectivity index (χ3v) is 8.72. The summed E-state index contributed by atoms with van der Waals surface area (Å²) in [5.41, 5.74) is 7.33. The summed E-state index contributed by atoms with van der Waals surface area (Å²) in [6.45, 7) is 8.68. The molecule has 0 spiro atoms. The van der Waals surface area contributed by atoms with Gasteiger partial charge in [0.2, 0.25) is 5.95 Å². The molecule has 0 aliphatic heterocycles. The number of ether oxygens (including phenoxy) is 2. The van der Waals surface area contributed by atoms with Crippen LogP contribution in [0.1, 0.15) is 50.7 Å². The molecule has 266 valence electrons. The van der Waals surface area contributed by atoms with Gasteiger partial charge in [-0.3, -0.25) is 0 Å². The summed E-state index contributed by atoms with van der Waals surface area (Å²) < 4.78 is 14.6. The molecule has 0 amide bonds. The zero-order valence-electron chi connectivity index (χ0n) is 29.3. The van der Waals surface area contributed by atoms with E-state index in [1.807, 2.05) is 89.8 Å². The van der Waals surface area contributed by atoms with E-state index in [0.717, 1.165) is 44.3 Å². The average Bonchev–Trinajstić information content (AvgIpc) is 3.48. The minimum absolute atomic E-state index is 0. The Morgan fingerprint density at radius 2 is 0.943 bits per heavy atom. The minimum Gasteiger partial charge on any atom is -0.503 e. The van der Waals surface area contributed by atoms with E-state index in [1.165, 1.54) is 11.1 Å². The van der Waals surface area contributed by atoms with Gasteiger partial charge in [0.05, 0.1) is 0 Å². The molecule has 53 heavy (non-hydrogen) atoms. The summed E-state index contributed by atoms with van der Waals surface area (Å²) >= 11 is 0. The molecule has 0 atom stereocenters. The summed E-state index contributed by atoms with van der Waals surface area (Å²) in [5.74, 6) is 3.44. The van der Waals surface area contributed by atoms with Gasteiger partial charge >= 0.3 is 42.1 Å². The van der Waals surface area contributed by atoms with E-state index in [-0.39, 0.29) is 42.1 Å². The molecule has 0 aliphatic carbocycles. The second kappa shape index (κ2) is 16.4. The van der Waals surface area contributed by atoms with Gasteiger partial charge in [-0.15, -0.1) is 71.8 Å². The average molecular weight is 1050 g/mol. The first-order valence-corrected chi connectivity index (χ1v) is 16.9. The first-order valence-electron chi connectivity index (χ1n) is 16.9. The Balaban J connectivity index is 0.00000240. The number of nitrogens with zero attached hydrogens (tertiary/aromatic N) is 5.